The number of ether oxygens (including phenoxy) is 1. The van der Waals surface area contributed by atoms with Crippen molar-refractivity contribution >= 4 is 21.4 Å². The van der Waals surface area contributed by atoms with Gasteiger partial charge < -0.3 is 19.7 Å². The molecule has 196 valence electrons. The van der Waals surface area contributed by atoms with Crippen LogP contribution in [-0.4, -0.2) is 58.4 Å². The number of nitrogens with one attached hydrogen (secondary N) is 1. The Balaban J connectivity index is 1.51. The van der Waals surface area contributed by atoms with Crippen LogP contribution in [-0.2, 0) is 0 Å². The van der Waals surface area contributed by atoms with Crippen LogP contribution >= 0.6 is 11.3 Å². The zero-order valence-electron chi connectivity index (χ0n) is 20.7. The predicted octanol–water partition coefficient (Wildman–Crippen LogP) is 6.56. The van der Waals surface area contributed by atoms with Gasteiger partial charge in [0.2, 0.25) is 0 Å². The number of H-pyrrole nitrogens is 1. The monoisotopic (exact) mass is 538 g/mol. The lowest BCUT2D eigenvalue weighted by Crippen LogP contribution is -2.19. The van der Waals surface area contributed by atoms with Crippen molar-refractivity contribution in [2.45, 2.75) is 12.3 Å². The number of thiophene rings is 1. The topological polar surface area (TPSA) is 74.3 Å². The minimum absolute atomic E-state index is 0.144. The molecule has 3 aromatic heterocycles. The van der Waals surface area contributed by atoms with Crippen molar-refractivity contribution in [3.63, 3.8) is 0 Å². The first kappa shape index (κ1) is 25.9. The second-order valence-corrected chi connectivity index (χ2v) is 9.98. The number of benzene rings is 2. The minimum Gasteiger partial charge on any atom is -0.492 e. The molecule has 2 N–H and O–H groups in total. The molecule has 0 saturated heterocycles. The number of aromatic amines is 1. The van der Waals surface area contributed by atoms with Crippen molar-refractivity contribution in [1.29, 1.82) is 0 Å². The molecule has 0 radical (unpaired) electrons. The molecule has 0 aliphatic rings. The molecule has 5 rings (SSSR count). The molecule has 2 aromatic carbocycles. The van der Waals surface area contributed by atoms with Crippen molar-refractivity contribution in [3.05, 3.63) is 77.9 Å². The Bertz CT molecular complexity index is 1530. The highest BCUT2D eigenvalue weighted by molar-refractivity contribution is 7.17. The second kappa shape index (κ2) is 10.6. The molecule has 1 atom stereocenters. The summed E-state index contributed by atoms with van der Waals surface area (Å²) in [6, 6.07) is 16.5. The summed E-state index contributed by atoms with van der Waals surface area (Å²) in [7, 11) is 3.98. The molecule has 6 nitrogen and oxygen atoms in total. The van der Waals surface area contributed by atoms with Crippen molar-refractivity contribution in [2.24, 2.45) is 0 Å². The lowest BCUT2D eigenvalue weighted by atomic mass is 10.0. The molecule has 0 bridgehead atoms. The van der Waals surface area contributed by atoms with Crippen molar-refractivity contribution in [3.8, 4) is 39.7 Å². The highest BCUT2D eigenvalue weighted by Crippen LogP contribution is 2.41. The molecule has 0 amide bonds. The van der Waals surface area contributed by atoms with Gasteiger partial charge in [-0.3, -0.25) is 4.98 Å². The molecule has 3 heterocycles. The number of fused-ring (bicyclic) bond motifs is 1. The van der Waals surface area contributed by atoms with E-state index in [2.05, 4.69) is 9.97 Å². The van der Waals surface area contributed by atoms with E-state index in [9.17, 15) is 18.3 Å². The summed E-state index contributed by atoms with van der Waals surface area (Å²) in [5.74, 6) is 1.41. The van der Waals surface area contributed by atoms with E-state index in [1.807, 2.05) is 55.4 Å². The first-order valence-corrected chi connectivity index (χ1v) is 12.7. The zero-order valence-corrected chi connectivity index (χ0v) is 21.5. The van der Waals surface area contributed by atoms with E-state index >= 15 is 0 Å². The second-order valence-electron chi connectivity index (χ2n) is 9.07. The fourth-order valence-corrected chi connectivity index (χ4v) is 5.10. The van der Waals surface area contributed by atoms with E-state index in [0.717, 1.165) is 46.0 Å². The number of rotatable bonds is 8. The molecular formula is C28H25F3N4O2S. The third-order valence-electron chi connectivity index (χ3n) is 6.09. The number of pyridine rings is 1. The van der Waals surface area contributed by atoms with Gasteiger partial charge in [-0.1, -0.05) is 12.1 Å². The number of aromatic nitrogens is 3. The maximum absolute atomic E-state index is 13.1. The number of hydrogen-bond acceptors (Lipinski definition) is 6. The maximum Gasteiger partial charge on any atom is 0.418 e. The predicted molar refractivity (Wildman–Crippen MR) is 143 cm³/mol. The minimum atomic E-state index is -4.73. The Kier molecular flexibility index (Phi) is 7.20. The third kappa shape index (κ3) is 5.42. The highest BCUT2D eigenvalue weighted by atomic mass is 32.1. The average molecular weight is 539 g/mol. The van der Waals surface area contributed by atoms with Crippen LogP contribution in [0, 0.1) is 0 Å². The summed E-state index contributed by atoms with van der Waals surface area (Å²) < 4.78 is 45.8. The summed E-state index contributed by atoms with van der Waals surface area (Å²) in [6.45, 7) is 1.39. The summed E-state index contributed by atoms with van der Waals surface area (Å²) in [5, 5.41) is 11.5. The fraction of sp³-hybridized carbons (Fsp3) is 0.214. The number of aliphatic hydroxyl groups is 1. The number of likely N-dealkylation sites (N-methyl/N-ethyl adjacent to an activating group) is 1. The number of hydrogen-bond donors (Lipinski definition) is 2. The molecule has 0 unspecified atom stereocenters. The first-order chi connectivity index (χ1) is 18.2. The number of alkyl halides is 3. The van der Waals surface area contributed by atoms with Crippen LogP contribution in [0.3, 0.4) is 0 Å². The summed E-state index contributed by atoms with van der Waals surface area (Å²) in [4.78, 5) is 14.4. The van der Waals surface area contributed by atoms with Crippen molar-refractivity contribution < 1.29 is 23.0 Å². The molecule has 0 saturated carbocycles. The van der Waals surface area contributed by atoms with Crippen molar-refractivity contribution in [2.75, 3.05) is 27.2 Å². The molecule has 0 aliphatic carbocycles. The molecular weight excluding hydrogens is 513 g/mol. The van der Waals surface area contributed by atoms with Crippen LogP contribution in [0.5, 0.6) is 5.75 Å². The Morgan fingerprint density at radius 2 is 1.71 bits per heavy atom. The van der Waals surface area contributed by atoms with E-state index in [0.29, 0.717) is 28.2 Å². The smallest absolute Gasteiger partial charge is 0.418 e. The number of nitrogens with zero attached hydrogens (tertiary/aromatic N) is 3. The quantitative estimate of drug-likeness (QED) is 0.234. The van der Waals surface area contributed by atoms with Crippen LogP contribution in [0.2, 0.25) is 0 Å². The van der Waals surface area contributed by atoms with Crippen LogP contribution < -0.4 is 4.74 Å². The summed E-state index contributed by atoms with van der Waals surface area (Å²) in [6.07, 6.45) is -3.88. The van der Waals surface area contributed by atoms with Gasteiger partial charge in [0.1, 0.15) is 18.2 Å². The third-order valence-corrected chi connectivity index (χ3v) is 7.05. The van der Waals surface area contributed by atoms with E-state index in [1.54, 1.807) is 30.6 Å². The van der Waals surface area contributed by atoms with E-state index in [1.165, 1.54) is 5.38 Å². The molecule has 38 heavy (non-hydrogen) atoms. The van der Waals surface area contributed by atoms with Crippen LogP contribution in [0.25, 0.3) is 44.0 Å². The average Bonchev–Trinajstić information content (AvgIpc) is 3.53. The van der Waals surface area contributed by atoms with Crippen LogP contribution in [0.15, 0.2) is 72.4 Å². The van der Waals surface area contributed by atoms with Gasteiger partial charge in [-0.2, -0.15) is 13.2 Å². The molecule has 0 fully saturated rings. The maximum atomic E-state index is 13.1. The molecule has 5 aromatic rings. The number of imidazole rings is 1. The summed E-state index contributed by atoms with van der Waals surface area (Å²) in [5.41, 5.74) is 3.75. The highest BCUT2D eigenvalue weighted by Gasteiger charge is 2.40. The molecule has 0 spiro atoms. The number of halogens is 3. The van der Waals surface area contributed by atoms with E-state index in [4.69, 9.17) is 9.72 Å². The van der Waals surface area contributed by atoms with Gasteiger partial charge in [-0.15, -0.1) is 11.3 Å². The summed E-state index contributed by atoms with van der Waals surface area (Å²) >= 11 is 1.16. The van der Waals surface area contributed by atoms with Gasteiger partial charge in [0.05, 0.1) is 11.4 Å². The van der Waals surface area contributed by atoms with Gasteiger partial charge in [0.15, 0.2) is 6.10 Å². The zero-order chi connectivity index (χ0) is 26.9. The molecule has 0 aliphatic heterocycles. The van der Waals surface area contributed by atoms with E-state index in [-0.39, 0.29) is 5.56 Å². The van der Waals surface area contributed by atoms with Gasteiger partial charge in [0.25, 0.3) is 0 Å². The van der Waals surface area contributed by atoms with Gasteiger partial charge in [-0.05, 0) is 67.3 Å². The van der Waals surface area contributed by atoms with Crippen LogP contribution in [0.4, 0.5) is 13.2 Å². The Morgan fingerprint density at radius 3 is 2.39 bits per heavy atom. The van der Waals surface area contributed by atoms with Crippen LogP contribution in [0.1, 0.15) is 11.7 Å². The first-order valence-electron chi connectivity index (χ1n) is 11.9. The largest absolute Gasteiger partial charge is 0.492 e. The standard InChI is InChI=1S/C28H25F3N4O2S/c1-35(2)13-14-37-20-6-3-18(4-7-20)27-33-24(17-9-11-32-12-10-17)25(34-27)19-5-8-21-22(16-38-23(21)15-19)26(36)28(29,30)31/h3-12,15-16,26,36H,13-14H2,1-2H3,(H,33,34)/t26-/m1/s1. The lowest BCUT2D eigenvalue weighted by molar-refractivity contribution is -0.206. The van der Waals surface area contributed by atoms with Crippen molar-refractivity contribution in [1.82, 2.24) is 19.9 Å². The Labute approximate surface area is 221 Å². The fourth-order valence-electron chi connectivity index (χ4n) is 4.09. The SMILES string of the molecule is CN(C)CCOc1ccc(-c2nc(-c3ccc4c([C@@H](O)C(F)(F)F)csc4c3)c(-c3ccncc3)[nH]2)cc1. The van der Waals surface area contributed by atoms with Gasteiger partial charge in [-0.25, -0.2) is 4.98 Å². The molecule has 10 heteroatoms. The lowest BCUT2D eigenvalue weighted by Gasteiger charge is -2.13. The Morgan fingerprint density at radius 1 is 1.00 bits per heavy atom. The van der Waals surface area contributed by atoms with E-state index < -0.39 is 12.3 Å². The van der Waals surface area contributed by atoms with Gasteiger partial charge >= 0.3 is 6.18 Å². The normalized spacial score (nSPS) is 12.8. The Hall–Kier alpha value is -3.73. The van der Waals surface area contributed by atoms with Gasteiger partial charge in [0, 0.05) is 45.9 Å². The number of aliphatic hydroxyl groups excluding tert-OH is 1.